The molecule has 0 spiro atoms. The van der Waals surface area contributed by atoms with Gasteiger partial charge >= 0.3 is 0 Å². The zero-order chi connectivity index (χ0) is 12.7. The summed E-state index contributed by atoms with van der Waals surface area (Å²) in [5.41, 5.74) is 6.73. The van der Waals surface area contributed by atoms with Crippen LogP contribution in [0, 0.1) is 5.92 Å². The van der Waals surface area contributed by atoms with Crippen molar-refractivity contribution in [3.63, 3.8) is 0 Å². The first kappa shape index (κ1) is 14.5. The molecule has 4 heteroatoms. The van der Waals surface area contributed by atoms with Gasteiger partial charge in [0.05, 0.1) is 11.1 Å². The van der Waals surface area contributed by atoms with Crippen LogP contribution in [0.1, 0.15) is 18.9 Å². The van der Waals surface area contributed by atoms with Crippen LogP contribution >= 0.6 is 15.9 Å². The van der Waals surface area contributed by atoms with Crippen molar-refractivity contribution >= 4 is 15.9 Å². The van der Waals surface area contributed by atoms with Gasteiger partial charge in [-0.1, -0.05) is 13.0 Å². The first-order valence-electron chi connectivity index (χ1n) is 5.93. The average Bonchev–Trinajstić information content (AvgIpc) is 2.35. The molecule has 1 unspecified atom stereocenters. The number of nitrogens with two attached hydrogens (primary N) is 1. The Morgan fingerprint density at radius 3 is 2.76 bits per heavy atom. The minimum atomic E-state index is 0.127. The lowest BCUT2D eigenvalue weighted by atomic mass is 10.0. The van der Waals surface area contributed by atoms with Gasteiger partial charge in [-0.05, 0) is 58.9 Å². The molecule has 0 aromatic heterocycles. The predicted molar refractivity (Wildman–Crippen MR) is 73.3 cm³/mol. The molecule has 1 rings (SSSR count). The molecule has 0 amide bonds. The highest BCUT2D eigenvalue weighted by atomic mass is 79.9. The minimum absolute atomic E-state index is 0.127. The minimum Gasteiger partial charge on any atom is -0.492 e. The summed E-state index contributed by atoms with van der Waals surface area (Å²) in [6.45, 7) is 3.43. The lowest BCUT2D eigenvalue weighted by molar-refractivity contribution is 0.230. The Morgan fingerprint density at radius 1 is 1.47 bits per heavy atom. The standard InChI is InChI=1S/C13H20BrNO2/c1-2-5-17-13-4-3-10(7-12(13)14)6-11(8-15)9-16/h3-4,7,11,16H,2,5-6,8-9,15H2,1H3. The third-order valence-electron chi connectivity index (χ3n) is 2.57. The van der Waals surface area contributed by atoms with E-state index in [4.69, 9.17) is 15.6 Å². The van der Waals surface area contributed by atoms with Crippen molar-refractivity contribution in [3.8, 4) is 5.75 Å². The third-order valence-corrected chi connectivity index (χ3v) is 3.19. The summed E-state index contributed by atoms with van der Waals surface area (Å²) in [7, 11) is 0. The van der Waals surface area contributed by atoms with Gasteiger partial charge in [-0.2, -0.15) is 0 Å². The summed E-state index contributed by atoms with van der Waals surface area (Å²) in [6.07, 6.45) is 1.79. The number of hydrogen-bond donors (Lipinski definition) is 2. The van der Waals surface area contributed by atoms with Gasteiger partial charge in [-0.25, -0.2) is 0 Å². The zero-order valence-corrected chi connectivity index (χ0v) is 11.7. The molecular formula is C13H20BrNO2. The molecule has 0 radical (unpaired) electrons. The maximum atomic E-state index is 9.11. The van der Waals surface area contributed by atoms with Crippen LogP contribution < -0.4 is 10.5 Å². The molecule has 0 saturated heterocycles. The predicted octanol–water partition coefficient (Wildman–Crippen LogP) is 2.35. The summed E-state index contributed by atoms with van der Waals surface area (Å²) in [5.74, 6) is 0.994. The van der Waals surface area contributed by atoms with Gasteiger partial charge in [-0.15, -0.1) is 0 Å². The summed E-state index contributed by atoms with van der Waals surface area (Å²) in [4.78, 5) is 0. The number of halogens is 1. The molecule has 17 heavy (non-hydrogen) atoms. The van der Waals surface area contributed by atoms with E-state index in [1.54, 1.807) is 0 Å². The van der Waals surface area contributed by atoms with Gasteiger partial charge in [0.25, 0.3) is 0 Å². The molecule has 3 N–H and O–H groups in total. The van der Waals surface area contributed by atoms with E-state index in [-0.39, 0.29) is 12.5 Å². The monoisotopic (exact) mass is 301 g/mol. The molecule has 0 aliphatic heterocycles. The van der Waals surface area contributed by atoms with Crippen molar-refractivity contribution in [3.05, 3.63) is 28.2 Å². The fourth-order valence-corrected chi connectivity index (χ4v) is 2.10. The average molecular weight is 302 g/mol. The maximum Gasteiger partial charge on any atom is 0.133 e. The topological polar surface area (TPSA) is 55.5 Å². The summed E-state index contributed by atoms with van der Waals surface area (Å²) in [5, 5.41) is 9.11. The van der Waals surface area contributed by atoms with E-state index < -0.39 is 0 Å². The largest absolute Gasteiger partial charge is 0.492 e. The van der Waals surface area contributed by atoms with Crippen molar-refractivity contribution in [2.24, 2.45) is 11.7 Å². The highest BCUT2D eigenvalue weighted by Crippen LogP contribution is 2.27. The van der Waals surface area contributed by atoms with Crippen molar-refractivity contribution in [1.29, 1.82) is 0 Å². The Hall–Kier alpha value is -0.580. The van der Waals surface area contributed by atoms with Gasteiger partial charge < -0.3 is 15.6 Å². The number of ether oxygens (including phenoxy) is 1. The van der Waals surface area contributed by atoms with Gasteiger partial charge in [0.15, 0.2) is 0 Å². The molecule has 96 valence electrons. The SMILES string of the molecule is CCCOc1ccc(CC(CN)CO)cc1Br. The highest BCUT2D eigenvalue weighted by Gasteiger charge is 2.08. The quantitative estimate of drug-likeness (QED) is 0.813. The third kappa shape index (κ3) is 4.66. The Bertz CT molecular complexity index is 340. The Morgan fingerprint density at radius 2 is 2.24 bits per heavy atom. The summed E-state index contributed by atoms with van der Waals surface area (Å²) < 4.78 is 6.53. The molecular weight excluding hydrogens is 282 g/mol. The van der Waals surface area contributed by atoms with Gasteiger partial charge in [-0.3, -0.25) is 0 Å². The second-order valence-corrected chi connectivity index (χ2v) is 4.96. The van der Waals surface area contributed by atoms with Crippen LogP contribution in [0.3, 0.4) is 0 Å². The number of aliphatic hydroxyl groups is 1. The summed E-state index contributed by atoms with van der Waals surface area (Å²) >= 11 is 3.49. The van der Waals surface area contributed by atoms with Crippen LogP contribution in [-0.4, -0.2) is 24.9 Å². The van der Waals surface area contributed by atoms with Crippen molar-refractivity contribution < 1.29 is 9.84 Å². The Balaban J connectivity index is 2.67. The van der Waals surface area contributed by atoms with E-state index in [1.165, 1.54) is 0 Å². The van der Waals surface area contributed by atoms with E-state index in [0.717, 1.165) is 35.2 Å². The molecule has 1 aromatic rings. The first-order chi connectivity index (χ1) is 8.21. The van der Waals surface area contributed by atoms with Gasteiger partial charge in [0.1, 0.15) is 5.75 Å². The number of benzene rings is 1. The van der Waals surface area contributed by atoms with Crippen molar-refractivity contribution in [2.45, 2.75) is 19.8 Å². The highest BCUT2D eigenvalue weighted by molar-refractivity contribution is 9.10. The molecule has 0 heterocycles. The fourth-order valence-electron chi connectivity index (χ4n) is 1.56. The van der Waals surface area contributed by atoms with Crippen LogP contribution in [0.4, 0.5) is 0 Å². The van der Waals surface area contributed by atoms with E-state index in [0.29, 0.717) is 6.54 Å². The lowest BCUT2D eigenvalue weighted by Gasteiger charge is -2.13. The maximum absolute atomic E-state index is 9.11. The second-order valence-electron chi connectivity index (χ2n) is 4.10. The smallest absolute Gasteiger partial charge is 0.133 e. The van der Waals surface area contributed by atoms with E-state index in [2.05, 4.69) is 22.9 Å². The van der Waals surface area contributed by atoms with Crippen LogP contribution in [-0.2, 0) is 6.42 Å². The van der Waals surface area contributed by atoms with Gasteiger partial charge in [0.2, 0.25) is 0 Å². The fraction of sp³-hybridized carbons (Fsp3) is 0.538. The summed E-state index contributed by atoms with van der Waals surface area (Å²) in [6, 6.07) is 6.01. The number of aliphatic hydroxyl groups excluding tert-OH is 1. The van der Waals surface area contributed by atoms with Crippen molar-refractivity contribution in [1.82, 2.24) is 0 Å². The van der Waals surface area contributed by atoms with E-state index >= 15 is 0 Å². The molecule has 1 aromatic carbocycles. The molecule has 0 aliphatic carbocycles. The van der Waals surface area contributed by atoms with Crippen LogP contribution in [0.2, 0.25) is 0 Å². The molecule has 0 aliphatic rings. The normalized spacial score (nSPS) is 12.5. The van der Waals surface area contributed by atoms with Crippen LogP contribution in [0.5, 0.6) is 5.75 Å². The molecule has 0 saturated carbocycles. The number of rotatable bonds is 7. The van der Waals surface area contributed by atoms with Crippen LogP contribution in [0.25, 0.3) is 0 Å². The van der Waals surface area contributed by atoms with E-state index in [9.17, 15) is 0 Å². The molecule has 0 fully saturated rings. The van der Waals surface area contributed by atoms with Crippen molar-refractivity contribution in [2.75, 3.05) is 19.8 Å². The Labute approximate surface area is 111 Å². The van der Waals surface area contributed by atoms with E-state index in [1.807, 2.05) is 18.2 Å². The first-order valence-corrected chi connectivity index (χ1v) is 6.72. The second kappa shape index (κ2) is 7.69. The van der Waals surface area contributed by atoms with Crippen LogP contribution in [0.15, 0.2) is 22.7 Å². The molecule has 1 atom stereocenters. The Kier molecular flexibility index (Phi) is 6.55. The zero-order valence-electron chi connectivity index (χ0n) is 10.2. The molecule has 0 bridgehead atoms. The molecule has 3 nitrogen and oxygen atoms in total. The number of hydrogen-bond acceptors (Lipinski definition) is 3. The lowest BCUT2D eigenvalue weighted by Crippen LogP contribution is -2.20. The van der Waals surface area contributed by atoms with Gasteiger partial charge in [0, 0.05) is 6.61 Å².